The Kier molecular flexibility index (Phi) is 4.11. The molecule has 15 heavy (non-hydrogen) atoms. The molecule has 0 radical (unpaired) electrons. The maximum atomic E-state index is 5.97. The van der Waals surface area contributed by atoms with Gasteiger partial charge in [0.25, 0.3) is 0 Å². The van der Waals surface area contributed by atoms with Crippen LogP contribution in [-0.2, 0) is 4.74 Å². The van der Waals surface area contributed by atoms with E-state index in [0.717, 1.165) is 23.8 Å². The second-order valence-electron chi connectivity index (χ2n) is 5.60. The summed E-state index contributed by atoms with van der Waals surface area (Å²) in [5.41, 5.74) is 0.200. The molecule has 0 bridgehead atoms. The van der Waals surface area contributed by atoms with Crippen molar-refractivity contribution >= 4 is 15.9 Å². The van der Waals surface area contributed by atoms with E-state index in [0.29, 0.717) is 0 Å². The zero-order valence-corrected chi connectivity index (χ0v) is 11.4. The Morgan fingerprint density at radius 3 is 2.53 bits per heavy atom. The van der Waals surface area contributed by atoms with Crippen LogP contribution in [0.4, 0.5) is 0 Å². The normalized spacial score (nSPS) is 42.0. The van der Waals surface area contributed by atoms with Crippen LogP contribution in [0.1, 0.15) is 51.9 Å². The Balaban J connectivity index is 1.84. The number of alkyl halides is 1. The summed E-state index contributed by atoms with van der Waals surface area (Å²) < 4.78 is 5.97. The van der Waals surface area contributed by atoms with Gasteiger partial charge in [0.05, 0.1) is 5.60 Å². The molecule has 2 fully saturated rings. The molecule has 2 heteroatoms. The third-order valence-corrected chi connectivity index (χ3v) is 5.25. The van der Waals surface area contributed by atoms with Gasteiger partial charge in [-0.2, -0.15) is 0 Å². The molecule has 1 atom stereocenters. The van der Waals surface area contributed by atoms with Gasteiger partial charge in [-0.15, -0.1) is 0 Å². The van der Waals surface area contributed by atoms with Crippen LogP contribution in [0.25, 0.3) is 0 Å². The van der Waals surface area contributed by atoms with Gasteiger partial charge in [-0.25, -0.2) is 0 Å². The van der Waals surface area contributed by atoms with Crippen molar-refractivity contribution in [3.8, 4) is 0 Å². The van der Waals surface area contributed by atoms with Gasteiger partial charge in [0, 0.05) is 11.9 Å². The maximum Gasteiger partial charge on any atom is 0.0782 e. The van der Waals surface area contributed by atoms with E-state index in [1.54, 1.807) is 0 Å². The summed E-state index contributed by atoms with van der Waals surface area (Å²) in [4.78, 5) is 0. The Hall–Kier alpha value is 0.440. The molecule has 0 N–H and O–H groups in total. The lowest BCUT2D eigenvalue weighted by Crippen LogP contribution is -2.33. The topological polar surface area (TPSA) is 9.23 Å². The van der Waals surface area contributed by atoms with Crippen LogP contribution < -0.4 is 0 Å². The van der Waals surface area contributed by atoms with Crippen LogP contribution in [0.3, 0.4) is 0 Å². The molecule has 0 aromatic rings. The van der Waals surface area contributed by atoms with Crippen LogP contribution >= 0.6 is 15.9 Å². The smallest absolute Gasteiger partial charge is 0.0782 e. The van der Waals surface area contributed by atoms with Crippen molar-refractivity contribution in [1.82, 2.24) is 0 Å². The molecule has 1 aliphatic carbocycles. The first-order chi connectivity index (χ1) is 7.24. The van der Waals surface area contributed by atoms with Gasteiger partial charge in [0.15, 0.2) is 0 Å². The lowest BCUT2D eigenvalue weighted by Gasteiger charge is -2.34. The fourth-order valence-corrected chi connectivity index (χ4v) is 3.81. The first-order valence-corrected chi connectivity index (χ1v) is 7.56. The molecule has 1 nitrogen and oxygen atoms in total. The van der Waals surface area contributed by atoms with Crippen LogP contribution in [0.15, 0.2) is 0 Å². The van der Waals surface area contributed by atoms with Crippen LogP contribution in [0.2, 0.25) is 0 Å². The molecule has 1 aliphatic heterocycles. The van der Waals surface area contributed by atoms with E-state index in [9.17, 15) is 0 Å². The van der Waals surface area contributed by atoms with Crippen molar-refractivity contribution in [2.75, 3.05) is 11.9 Å². The van der Waals surface area contributed by atoms with Crippen LogP contribution in [-0.4, -0.2) is 17.5 Å². The van der Waals surface area contributed by atoms with Crippen molar-refractivity contribution in [2.45, 2.75) is 57.5 Å². The molecular weight excluding hydrogens is 252 g/mol. The summed E-state index contributed by atoms with van der Waals surface area (Å²) in [5, 5.41) is 1.03. The first kappa shape index (κ1) is 11.9. The van der Waals surface area contributed by atoms with E-state index in [4.69, 9.17) is 4.74 Å². The number of halogens is 1. The molecule has 1 heterocycles. The second kappa shape index (κ2) is 5.18. The monoisotopic (exact) mass is 274 g/mol. The highest BCUT2D eigenvalue weighted by Gasteiger charge is 2.36. The van der Waals surface area contributed by atoms with Crippen LogP contribution in [0.5, 0.6) is 0 Å². The molecular formula is C13H23BrO. The molecule has 2 aliphatic rings. The maximum absolute atomic E-state index is 5.97. The highest BCUT2D eigenvalue weighted by molar-refractivity contribution is 9.09. The minimum absolute atomic E-state index is 0.200. The molecule has 88 valence electrons. The molecule has 1 saturated carbocycles. The summed E-state index contributed by atoms with van der Waals surface area (Å²) >= 11 is 3.65. The molecule has 2 rings (SSSR count). The minimum Gasteiger partial charge on any atom is -0.374 e. The lowest BCUT2D eigenvalue weighted by molar-refractivity contribution is -0.000527. The van der Waals surface area contributed by atoms with Crippen molar-refractivity contribution in [3.05, 3.63) is 0 Å². The largest absolute Gasteiger partial charge is 0.374 e. The van der Waals surface area contributed by atoms with Crippen molar-refractivity contribution in [1.29, 1.82) is 0 Å². The van der Waals surface area contributed by atoms with Gasteiger partial charge in [0.2, 0.25) is 0 Å². The Bertz CT molecular complexity index is 191. The number of hydrogen-bond acceptors (Lipinski definition) is 1. The number of hydrogen-bond donors (Lipinski definition) is 0. The molecule has 0 aromatic heterocycles. The third kappa shape index (κ3) is 2.97. The van der Waals surface area contributed by atoms with Crippen molar-refractivity contribution < 1.29 is 4.74 Å². The highest BCUT2D eigenvalue weighted by atomic mass is 79.9. The van der Waals surface area contributed by atoms with Gasteiger partial charge < -0.3 is 4.74 Å². The highest BCUT2D eigenvalue weighted by Crippen LogP contribution is 2.39. The van der Waals surface area contributed by atoms with E-state index in [1.807, 2.05) is 0 Å². The average molecular weight is 275 g/mol. The van der Waals surface area contributed by atoms with Crippen LogP contribution in [0, 0.1) is 11.8 Å². The molecule has 0 aromatic carbocycles. The SMILES string of the molecule is CC1CCC(CC2(CBr)CCCO2)CC1. The summed E-state index contributed by atoms with van der Waals surface area (Å²) in [6, 6.07) is 0. The molecule has 1 unspecified atom stereocenters. The van der Waals surface area contributed by atoms with Crippen molar-refractivity contribution in [2.24, 2.45) is 11.8 Å². The standard InChI is InChI=1S/C13H23BrO/c1-11-3-5-12(6-4-11)9-13(10-14)7-2-8-15-13/h11-12H,2-10H2,1H3. The van der Waals surface area contributed by atoms with Gasteiger partial charge in [0.1, 0.15) is 0 Å². The van der Waals surface area contributed by atoms with Gasteiger partial charge in [-0.1, -0.05) is 48.5 Å². The second-order valence-corrected chi connectivity index (χ2v) is 6.16. The quantitative estimate of drug-likeness (QED) is 0.703. The third-order valence-electron chi connectivity index (χ3n) is 4.22. The predicted octanol–water partition coefficient (Wildman–Crippen LogP) is 4.15. The van der Waals surface area contributed by atoms with E-state index >= 15 is 0 Å². The fourth-order valence-electron chi connectivity index (χ4n) is 3.14. The average Bonchev–Trinajstić information content (AvgIpc) is 2.71. The van der Waals surface area contributed by atoms with Gasteiger partial charge in [-0.3, -0.25) is 0 Å². The molecule has 0 spiro atoms. The zero-order valence-electron chi connectivity index (χ0n) is 9.80. The van der Waals surface area contributed by atoms with E-state index < -0.39 is 0 Å². The first-order valence-electron chi connectivity index (χ1n) is 6.44. The lowest BCUT2D eigenvalue weighted by atomic mass is 9.77. The predicted molar refractivity (Wildman–Crippen MR) is 67.5 cm³/mol. The molecule has 0 amide bonds. The Morgan fingerprint density at radius 2 is 2.00 bits per heavy atom. The summed E-state index contributed by atoms with van der Waals surface area (Å²) in [7, 11) is 0. The zero-order chi connectivity index (χ0) is 10.7. The molecule has 1 saturated heterocycles. The van der Waals surface area contributed by atoms with Gasteiger partial charge >= 0.3 is 0 Å². The summed E-state index contributed by atoms with van der Waals surface area (Å²) in [6.45, 7) is 3.37. The minimum atomic E-state index is 0.200. The summed E-state index contributed by atoms with van der Waals surface area (Å²) in [5.74, 6) is 1.89. The fraction of sp³-hybridized carbons (Fsp3) is 1.00. The Labute approximate surface area is 102 Å². The number of ether oxygens (including phenoxy) is 1. The van der Waals surface area contributed by atoms with E-state index in [-0.39, 0.29) is 5.60 Å². The Morgan fingerprint density at radius 1 is 1.27 bits per heavy atom. The summed E-state index contributed by atoms with van der Waals surface area (Å²) in [6.07, 6.45) is 9.55. The number of rotatable bonds is 3. The van der Waals surface area contributed by atoms with E-state index in [1.165, 1.54) is 44.9 Å². The van der Waals surface area contributed by atoms with E-state index in [2.05, 4.69) is 22.9 Å². The van der Waals surface area contributed by atoms with Gasteiger partial charge in [-0.05, 0) is 31.1 Å². The van der Waals surface area contributed by atoms with Crippen molar-refractivity contribution in [3.63, 3.8) is 0 Å².